The Labute approximate surface area is 103 Å². The van der Waals surface area contributed by atoms with Crippen molar-refractivity contribution in [2.45, 2.75) is 46.0 Å². The molecule has 17 heavy (non-hydrogen) atoms. The molecule has 90 valence electrons. The highest BCUT2D eigenvalue weighted by atomic mass is 14.9. The van der Waals surface area contributed by atoms with Gasteiger partial charge in [-0.25, -0.2) is 9.97 Å². The summed E-state index contributed by atoms with van der Waals surface area (Å²) >= 11 is 0. The third-order valence-electron chi connectivity index (χ3n) is 3.40. The molecule has 0 amide bonds. The van der Waals surface area contributed by atoms with Crippen LogP contribution in [-0.2, 0) is 6.42 Å². The summed E-state index contributed by atoms with van der Waals surface area (Å²) < 4.78 is 0. The third kappa shape index (κ3) is 2.46. The first-order valence-corrected chi connectivity index (χ1v) is 6.55. The molecule has 2 aromatic rings. The SMILES string of the molecule is CCc1ccc2ccc(C(CC)CC)nc2n1. The van der Waals surface area contributed by atoms with Gasteiger partial charge in [0, 0.05) is 22.7 Å². The number of hydrogen-bond donors (Lipinski definition) is 0. The molecule has 0 N–H and O–H groups in total. The number of aromatic nitrogens is 2. The minimum absolute atomic E-state index is 0.562. The molecular weight excluding hydrogens is 208 g/mol. The number of rotatable bonds is 4. The average Bonchev–Trinajstić information content (AvgIpc) is 2.39. The number of nitrogens with zero attached hydrogens (tertiary/aromatic N) is 2. The van der Waals surface area contributed by atoms with E-state index in [2.05, 4.69) is 50.0 Å². The van der Waals surface area contributed by atoms with Crippen molar-refractivity contribution in [2.75, 3.05) is 0 Å². The van der Waals surface area contributed by atoms with Crippen molar-refractivity contribution in [1.29, 1.82) is 0 Å². The Morgan fingerprint density at radius 1 is 0.941 bits per heavy atom. The van der Waals surface area contributed by atoms with Gasteiger partial charge in [0.1, 0.15) is 0 Å². The second-order valence-electron chi connectivity index (χ2n) is 4.45. The number of fused-ring (bicyclic) bond motifs is 1. The molecular formula is C15H20N2. The molecule has 2 heterocycles. The van der Waals surface area contributed by atoms with E-state index < -0.39 is 0 Å². The monoisotopic (exact) mass is 228 g/mol. The van der Waals surface area contributed by atoms with E-state index in [1.807, 2.05) is 0 Å². The molecule has 2 aromatic heterocycles. The van der Waals surface area contributed by atoms with Crippen LogP contribution in [0.2, 0.25) is 0 Å². The fourth-order valence-electron chi connectivity index (χ4n) is 2.18. The molecule has 0 radical (unpaired) electrons. The zero-order valence-corrected chi connectivity index (χ0v) is 10.9. The van der Waals surface area contributed by atoms with E-state index in [1.165, 1.54) is 5.69 Å². The lowest BCUT2D eigenvalue weighted by Crippen LogP contribution is -2.00. The van der Waals surface area contributed by atoms with E-state index in [9.17, 15) is 0 Å². The van der Waals surface area contributed by atoms with Crippen LogP contribution < -0.4 is 0 Å². The molecule has 0 aliphatic heterocycles. The van der Waals surface area contributed by atoms with Crippen LogP contribution in [0.15, 0.2) is 24.3 Å². The summed E-state index contributed by atoms with van der Waals surface area (Å²) in [6.45, 7) is 6.56. The molecule has 0 unspecified atom stereocenters. The van der Waals surface area contributed by atoms with Crippen LogP contribution in [0.4, 0.5) is 0 Å². The van der Waals surface area contributed by atoms with Crippen LogP contribution in [0.5, 0.6) is 0 Å². The van der Waals surface area contributed by atoms with Crippen LogP contribution in [-0.4, -0.2) is 9.97 Å². The van der Waals surface area contributed by atoms with Gasteiger partial charge in [-0.15, -0.1) is 0 Å². The van der Waals surface area contributed by atoms with Gasteiger partial charge in [-0.1, -0.05) is 20.8 Å². The van der Waals surface area contributed by atoms with Crippen LogP contribution in [0.3, 0.4) is 0 Å². The predicted molar refractivity (Wildman–Crippen MR) is 72.2 cm³/mol. The lowest BCUT2D eigenvalue weighted by atomic mass is 9.98. The van der Waals surface area contributed by atoms with Gasteiger partial charge >= 0.3 is 0 Å². The number of hydrogen-bond acceptors (Lipinski definition) is 2. The maximum Gasteiger partial charge on any atom is 0.159 e. The van der Waals surface area contributed by atoms with Gasteiger partial charge in [0.25, 0.3) is 0 Å². The maximum atomic E-state index is 4.71. The van der Waals surface area contributed by atoms with Gasteiger partial charge in [-0.05, 0) is 43.5 Å². The number of pyridine rings is 2. The molecule has 0 saturated carbocycles. The second-order valence-corrected chi connectivity index (χ2v) is 4.45. The van der Waals surface area contributed by atoms with E-state index in [-0.39, 0.29) is 0 Å². The van der Waals surface area contributed by atoms with E-state index >= 15 is 0 Å². The van der Waals surface area contributed by atoms with Crippen LogP contribution in [0, 0.1) is 0 Å². The molecule has 2 rings (SSSR count). The fourth-order valence-corrected chi connectivity index (χ4v) is 2.18. The van der Waals surface area contributed by atoms with Gasteiger partial charge in [-0.3, -0.25) is 0 Å². The highest BCUT2D eigenvalue weighted by molar-refractivity contribution is 5.74. The Morgan fingerprint density at radius 3 is 2.29 bits per heavy atom. The summed E-state index contributed by atoms with van der Waals surface area (Å²) in [4.78, 5) is 9.31. The zero-order valence-electron chi connectivity index (χ0n) is 10.9. The predicted octanol–water partition coefficient (Wildman–Crippen LogP) is 4.10. The first kappa shape index (κ1) is 12.0. The summed E-state index contributed by atoms with van der Waals surface area (Å²) in [6.07, 6.45) is 3.25. The smallest absolute Gasteiger partial charge is 0.159 e. The van der Waals surface area contributed by atoms with Crippen molar-refractivity contribution in [2.24, 2.45) is 0 Å². The molecule has 0 aliphatic carbocycles. The normalized spacial score (nSPS) is 11.3. The summed E-state index contributed by atoms with van der Waals surface area (Å²) in [6, 6.07) is 8.49. The average molecular weight is 228 g/mol. The molecule has 0 saturated heterocycles. The highest BCUT2D eigenvalue weighted by Crippen LogP contribution is 2.23. The van der Waals surface area contributed by atoms with Crippen LogP contribution in [0.1, 0.15) is 50.9 Å². The van der Waals surface area contributed by atoms with E-state index in [0.29, 0.717) is 5.92 Å². The largest absolute Gasteiger partial charge is 0.233 e. The van der Waals surface area contributed by atoms with Gasteiger partial charge in [-0.2, -0.15) is 0 Å². The molecule has 0 spiro atoms. The van der Waals surface area contributed by atoms with Crippen molar-refractivity contribution in [3.63, 3.8) is 0 Å². The highest BCUT2D eigenvalue weighted by Gasteiger charge is 2.09. The molecule has 0 bridgehead atoms. The molecule has 2 heteroatoms. The summed E-state index contributed by atoms with van der Waals surface area (Å²) in [7, 11) is 0. The summed E-state index contributed by atoms with van der Waals surface area (Å²) in [5, 5.41) is 1.14. The van der Waals surface area contributed by atoms with Crippen molar-refractivity contribution in [1.82, 2.24) is 9.97 Å². The molecule has 0 fully saturated rings. The summed E-state index contributed by atoms with van der Waals surface area (Å²) in [5.74, 6) is 0.562. The Hall–Kier alpha value is -1.44. The second kappa shape index (κ2) is 5.26. The van der Waals surface area contributed by atoms with Gasteiger partial charge in [0.05, 0.1) is 0 Å². The summed E-state index contributed by atoms with van der Waals surface area (Å²) in [5.41, 5.74) is 3.20. The topological polar surface area (TPSA) is 25.8 Å². The fraction of sp³-hybridized carbons (Fsp3) is 0.467. The molecule has 0 aliphatic rings. The van der Waals surface area contributed by atoms with Crippen molar-refractivity contribution in [3.8, 4) is 0 Å². The Morgan fingerprint density at radius 2 is 1.65 bits per heavy atom. The van der Waals surface area contributed by atoms with E-state index in [1.54, 1.807) is 0 Å². The Balaban J connectivity index is 2.47. The minimum Gasteiger partial charge on any atom is -0.233 e. The Bertz CT molecular complexity index is 501. The molecule has 2 nitrogen and oxygen atoms in total. The van der Waals surface area contributed by atoms with Gasteiger partial charge in [0.15, 0.2) is 5.65 Å². The van der Waals surface area contributed by atoms with E-state index in [4.69, 9.17) is 4.98 Å². The lowest BCUT2D eigenvalue weighted by Gasteiger charge is -2.12. The van der Waals surface area contributed by atoms with E-state index in [0.717, 1.165) is 36.0 Å². The molecule has 0 aromatic carbocycles. The van der Waals surface area contributed by atoms with Crippen molar-refractivity contribution in [3.05, 3.63) is 35.7 Å². The number of aryl methyl sites for hydroxylation is 1. The lowest BCUT2D eigenvalue weighted by molar-refractivity contribution is 0.625. The maximum absolute atomic E-state index is 4.71. The standard InChI is InChI=1S/C15H20N2/c1-4-11(5-2)14-10-8-12-7-9-13(6-3)16-15(12)17-14/h7-11H,4-6H2,1-3H3. The zero-order chi connectivity index (χ0) is 12.3. The molecule has 0 atom stereocenters. The van der Waals surface area contributed by atoms with Gasteiger partial charge in [0.2, 0.25) is 0 Å². The third-order valence-corrected chi connectivity index (χ3v) is 3.40. The van der Waals surface area contributed by atoms with Crippen molar-refractivity contribution >= 4 is 11.0 Å². The van der Waals surface area contributed by atoms with Crippen LogP contribution in [0.25, 0.3) is 11.0 Å². The Kier molecular flexibility index (Phi) is 3.72. The first-order valence-electron chi connectivity index (χ1n) is 6.55. The van der Waals surface area contributed by atoms with Crippen molar-refractivity contribution < 1.29 is 0 Å². The minimum atomic E-state index is 0.562. The van der Waals surface area contributed by atoms with Crippen LogP contribution >= 0.6 is 0 Å². The first-order chi connectivity index (χ1) is 8.28. The quantitative estimate of drug-likeness (QED) is 0.787. The van der Waals surface area contributed by atoms with Gasteiger partial charge < -0.3 is 0 Å².